The van der Waals surface area contributed by atoms with E-state index in [9.17, 15) is 9.59 Å². The molecule has 23 heavy (non-hydrogen) atoms. The maximum atomic E-state index is 12.5. The molecule has 0 fully saturated rings. The van der Waals surface area contributed by atoms with E-state index in [0.29, 0.717) is 27.9 Å². The number of carbonyl (C=O) groups is 2. The number of carbonyl (C=O) groups excluding carboxylic acids is 1. The van der Waals surface area contributed by atoms with Gasteiger partial charge in [-0.15, -0.1) is 0 Å². The molecule has 2 aromatic rings. The summed E-state index contributed by atoms with van der Waals surface area (Å²) in [6, 6.07) is 6.18. The van der Waals surface area contributed by atoms with Crippen LogP contribution in [0, 0.1) is 6.92 Å². The first kappa shape index (κ1) is 16.9. The zero-order valence-corrected chi connectivity index (χ0v) is 13.7. The van der Waals surface area contributed by atoms with Crippen LogP contribution in [0.3, 0.4) is 0 Å². The molecular formula is C16H16ClNO5. The molecule has 0 saturated carbocycles. The minimum absolute atomic E-state index is 0.0844. The highest BCUT2D eigenvalue weighted by Crippen LogP contribution is 2.24. The third kappa shape index (κ3) is 3.65. The van der Waals surface area contributed by atoms with Crippen molar-refractivity contribution in [2.75, 3.05) is 14.2 Å². The lowest BCUT2D eigenvalue weighted by atomic mass is 10.1. The van der Waals surface area contributed by atoms with Gasteiger partial charge < -0.3 is 19.2 Å². The van der Waals surface area contributed by atoms with Crippen LogP contribution >= 0.6 is 11.6 Å². The molecule has 0 aliphatic heterocycles. The van der Waals surface area contributed by atoms with Gasteiger partial charge >= 0.3 is 5.97 Å². The number of aromatic carboxylic acids is 1. The number of benzene rings is 1. The largest absolute Gasteiger partial charge is 0.496 e. The monoisotopic (exact) mass is 337 g/mol. The van der Waals surface area contributed by atoms with Crippen molar-refractivity contribution in [2.24, 2.45) is 0 Å². The van der Waals surface area contributed by atoms with Gasteiger partial charge in [0.25, 0.3) is 5.91 Å². The lowest BCUT2D eigenvalue weighted by molar-refractivity contribution is 0.0694. The van der Waals surface area contributed by atoms with Crippen LogP contribution in [-0.4, -0.2) is 36.0 Å². The van der Waals surface area contributed by atoms with Crippen LogP contribution in [0.2, 0.25) is 5.02 Å². The summed E-state index contributed by atoms with van der Waals surface area (Å²) in [5.74, 6) is -0.281. The number of furan rings is 1. The zero-order valence-electron chi connectivity index (χ0n) is 12.9. The summed E-state index contributed by atoms with van der Waals surface area (Å²) in [4.78, 5) is 25.0. The van der Waals surface area contributed by atoms with E-state index in [1.165, 1.54) is 24.1 Å². The summed E-state index contributed by atoms with van der Waals surface area (Å²) >= 11 is 5.93. The number of carboxylic acid groups (broad SMARTS) is 1. The van der Waals surface area contributed by atoms with E-state index in [0.717, 1.165) is 0 Å². The Morgan fingerprint density at radius 1 is 1.30 bits per heavy atom. The third-order valence-corrected chi connectivity index (χ3v) is 3.57. The van der Waals surface area contributed by atoms with Crippen molar-refractivity contribution >= 4 is 23.5 Å². The van der Waals surface area contributed by atoms with Gasteiger partial charge in [0.1, 0.15) is 22.8 Å². The average Bonchev–Trinajstić information content (AvgIpc) is 2.87. The Balaban J connectivity index is 2.22. The molecule has 0 radical (unpaired) electrons. The van der Waals surface area contributed by atoms with Gasteiger partial charge in [-0.2, -0.15) is 0 Å². The van der Waals surface area contributed by atoms with Crippen molar-refractivity contribution in [1.82, 2.24) is 4.90 Å². The van der Waals surface area contributed by atoms with Crippen LogP contribution in [0.5, 0.6) is 5.75 Å². The highest BCUT2D eigenvalue weighted by molar-refractivity contribution is 6.31. The van der Waals surface area contributed by atoms with Crippen LogP contribution in [0.4, 0.5) is 0 Å². The lowest BCUT2D eigenvalue weighted by Gasteiger charge is -2.17. The van der Waals surface area contributed by atoms with Crippen LogP contribution in [-0.2, 0) is 6.54 Å². The molecule has 0 aliphatic rings. The fraction of sp³-hybridized carbons (Fsp3) is 0.250. The van der Waals surface area contributed by atoms with E-state index >= 15 is 0 Å². The van der Waals surface area contributed by atoms with Gasteiger partial charge in [0.15, 0.2) is 0 Å². The summed E-state index contributed by atoms with van der Waals surface area (Å²) in [6.07, 6.45) is 0. The number of ether oxygens (including phenoxy) is 1. The van der Waals surface area contributed by atoms with E-state index in [-0.39, 0.29) is 18.0 Å². The first-order valence-electron chi connectivity index (χ1n) is 6.75. The molecule has 7 heteroatoms. The van der Waals surface area contributed by atoms with Gasteiger partial charge in [0, 0.05) is 12.1 Å². The quantitative estimate of drug-likeness (QED) is 0.906. The van der Waals surface area contributed by atoms with Crippen molar-refractivity contribution in [3.8, 4) is 5.75 Å². The van der Waals surface area contributed by atoms with E-state index in [1.807, 2.05) is 0 Å². The zero-order chi connectivity index (χ0) is 17.1. The van der Waals surface area contributed by atoms with E-state index in [2.05, 4.69) is 0 Å². The number of halogens is 1. The van der Waals surface area contributed by atoms with Crippen LogP contribution < -0.4 is 4.74 Å². The number of hydrogen-bond donors (Lipinski definition) is 1. The smallest absolute Gasteiger partial charge is 0.339 e. The molecule has 1 heterocycles. The van der Waals surface area contributed by atoms with E-state index < -0.39 is 5.97 Å². The molecular weight excluding hydrogens is 322 g/mol. The highest BCUT2D eigenvalue weighted by atomic mass is 35.5. The SMILES string of the molecule is COc1ccc(Cl)cc1C(=O)N(C)Cc1cc(C(=O)O)c(C)o1. The molecule has 1 N–H and O–H groups in total. The maximum Gasteiger partial charge on any atom is 0.339 e. The van der Waals surface area contributed by atoms with E-state index in [4.69, 9.17) is 25.9 Å². The van der Waals surface area contributed by atoms with Gasteiger partial charge in [-0.25, -0.2) is 4.79 Å². The number of aryl methyl sites for hydroxylation is 1. The minimum atomic E-state index is -1.07. The van der Waals surface area contributed by atoms with Gasteiger partial charge in [0.2, 0.25) is 0 Å². The van der Waals surface area contributed by atoms with Gasteiger partial charge in [-0.05, 0) is 31.2 Å². The van der Waals surface area contributed by atoms with Gasteiger partial charge in [0.05, 0.1) is 19.2 Å². The van der Waals surface area contributed by atoms with Crippen molar-refractivity contribution < 1.29 is 23.8 Å². The second-order valence-electron chi connectivity index (χ2n) is 4.99. The van der Waals surface area contributed by atoms with Crippen LogP contribution in [0.15, 0.2) is 28.7 Å². The van der Waals surface area contributed by atoms with Crippen LogP contribution in [0.1, 0.15) is 32.2 Å². The number of carboxylic acids is 1. The number of methoxy groups -OCH3 is 1. The molecule has 6 nitrogen and oxygen atoms in total. The molecule has 122 valence electrons. The molecule has 0 atom stereocenters. The van der Waals surface area contributed by atoms with Crippen LogP contribution in [0.25, 0.3) is 0 Å². The van der Waals surface area contributed by atoms with Crippen molar-refractivity contribution in [2.45, 2.75) is 13.5 Å². The first-order chi connectivity index (χ1) is 10.8. The maximum absolute atomic E-state index is 12.5. The molecule has 0 unspecified atom stereocenters. The molecule has 1 amide bonds. The molecule has 0 spiro atoms. The number of rotatable bonds is 5. The molecule has 1 aromatic heterocycles. The summed E-state index contributed by atoms with van der Waals surface area (Å²) in [6.45, 7) is 1.69. The molecule has 0 aliphatic carbocycles. The van der Waals surface area contributed by atoms with Crippen molar-refractivity contribution in [1.29, 1.82) is 0 Å². The predicted octanol–water partition coefficient (Wildman–Crippen LogP) is 3.22. The highest BCUT2D eigenvalue weighted by Gasteiger charge is 2.20. The summed E-state index contributed by atoms with van der Waals surface area (Å²) in [5, 5.41) is 9.45. The summed E-state index contributed by atoms with van der Waals surface area (Å²) in [7, 11) is 3.05. The Morgan fingerprint density at radius 3 is 2.57 bits per heavy atom. The Bertz CT molecular complexity index is 753. The standard InChI is InChI=1S/C16H16ClNO5/c1-9-12(16(20)21)7-11(23-9)8-18(2)15(19)13-6-10(17)4-5-14(13)22-3/h4-7H,8H2,1-3H3,(H,20,21). The first-order valence-corrected chi connectivity index (χ1v) is 7.13. The Kier molecular flexibility index (Phi) is 4.95. The van der Waals surface area contributed by atoms with Crippen molar-refractivity contribution in [3.05, 3.63) is 51.9 Å². The second kappa shape index (κ2) is 6.75. The minimum Gasteiger partial charge on any atom is -0.496 e. The molecule has 0 saturated heterocycles. The second-order valence-corrected chi connectivity index (χ2v) is 5.43. The normalized spacial score (nSPS) is 10.4. The van der Waals surface area contributed by atoms with Gasteiger partial charge in [-0.1, -0.05) is 11.6 Å². The summed E-state index contributed by atoms with van der Waals surface area (Å²) in [5.41, 5.74) is 0.408. The average molecular weight is 338 g/mol. The van der Waals surface area contributed by atoms with Crippen molar-refractivity contribution in [3.63, 3.8) is 0 Å². The Labute approximate surface area is 138 Å². The summed E-state index contributed by atoms with van der Waals surface area (Å²) < 4.78 is 10.6. The topological polar surface area (TPSA) is 80.0 Å². The fourth-order valence-corrected chi connectivity index (χ4v) is 2.36. The Hall–Kier alpha value is -2.47. The number of nitrogens with zero attached hydrogens (tertiary/aromatic N) is 1. The lowest BCUT2D eigenvalue weighted by Crippen LogP contribution is -2.26. The fourth-order valence-electron chi connectivity index (χ4n) is 2.19. The Morgan fingerprint density at radius 2 is 2.00 bits per heavy atom. The predicted molar refractivity (Wildman–Crippen MR) is 84.2 cm³/mol. The molecule has 0 bridgehead atoms. The third-order valence-electron chi connectivity index (χ3n) is 3.33. The molecule has 1 aromatic carbocycles. The molecule has 2 rings (SSSR count). The van der Waals surface area contributed by atoms with Gasteiger partial charge in [-0.3, -0.25) is 4.79 Å². The number of hydrogen-bond acceptors (Lipinski definition) is 4. The van der Waals surface area contributed by atoms with E-state index in [1.54, 1.807) is 26.1 Å². The number of amides is 1.